The lowest BCUT2D eigenvalue weighted by atomic mass is 10.2. The monoisotopic (exact) mass is 410 g/mol. The summed E-state index contributed by atoms with van der Waals surface area (Å²) in [6.45, 7) is 3.64. The van der Waals surface area contributed by atoms with Crippen LogP contribution in [0.5, 0.6) is 0 Å². The van der Waals surface area contributed by atoms with E-state index in [2.05, 4.69) is 25.7 Å². The fourth-order valence-electron chi connectivity index (χ4n) is 2.87. The summed E-state index contributed by atoms with van der Waals surface area (Å²) < 4.78 is 7.37. The van der Waals surface area contributed by atoms with E-state index < -0.39 is 0 Å². The molecule has 0 aromatic carbocycles. The molecule has 0 saturated carbocycles. The van der Waals surface area contributed by atoms with Crippen LogP contribution in [0.2, 0.25) is 0 Å². The highest BCUT2D eigenvalue weighted by Crippen LogP contribution is 2.27. The van der Waals surface area contributed by atoms with Crippen molar-refractivity contribution >= 4 is 39.3 Å². The molecule has 2 N–H and O–H groups in total. The van der Waals surface area contributed by atoms with E-state index in [4.69, 9.17) is 4.42 Å². The van der Waals surface area contributed by atoms with Gasteiger partial charge in [-0.15, -0.1) is 11.3 Å². The molecule has 4 heterocycles. The maximum Gasteiger partial charge on any atom is 0.259 e. The van der Waals surface area contributed by atoms with Crippen LogP contribution in [0.3, 0.4) is 0 Å². The molecule has 0 aliphatic carbocycles. The highest BCUT2D eigenvalue weighted by Gasteiger charge is 2.15. The van der Waals surface area contributed by atoms with Crippen molar-refractivity contribution in [1.82, 2.24) is 25.1 Å². The minimum Gasteiger partial charge on any atom is -0.458 e. The SMILES string of the molecule is CC(=O)NCc1ccc(-c2csc(NC(=O)c3cnc4c(c3)c(C)nn4C)n2)o1. The first-order valence-electron chi connectivity index (χ1n) is 8.80. The molecule has 0 aliphatic rings. The second-order valence-corrected chi connectivity index (χ2v) is 7.33. The molecule has 4 aromatic heterocycles. The first kappa shape index (κ1) is 18.8. The number of anilines is 1. The summed E-state index contributed by atoms with van der Waals surface area (Å²) in [7, 11) is 1.81. The van der Waals surface area contributed by atoms with Gasteiger partial charge in [-0.3, -0.25) is 19.6 Å². The minimum atomic E-state index is -0.297. The smallest absolute Gasteiger partial charge is 0.259 e. The lowest BCUT2D eigenvalue weighted by molar-refractivity contribution is -0.119. The van der Waals surface area contributed by atoms with E-state index in [9.17, 15) is 9.59 Å². The predicted molar refractivity (Wildman–Crippen MR) is 109 cm³/mol. The Morgan fingerprint density at radius 1 is 1.31 bits per heavy atom. The lowest BCUT2D eigenvalue weighted by Gasteiger charge is -2.02. The van der Waals surface area contributed by atoms with Gasteiger partial charge in [-0.1, -0.05) is 0 Å². The Labute approximate surface area is 169 Å². The van der Waals surface area contributed by atoms with Crippen LogP contribution >= 0.6 is 11.3 Å². The molecule has 0 unspecified atom stereocenters. The first-order valence-corrected chi connectivity index (χ1v) is 9.68. The van der Waals surface area contributed by atoms with Gasteiger partial charge in [0.1, 0.15) is 11.5 Å². The number of aromatic nitrogens is 4. The number of pyridine rings is 1. The Bertz CT molecular complexity index is 1220. The van der Waals surface area contributed by atoms with Crippen LogP contribution in [0.15, 0.2) is 34.2 Å². The number of fused-ring (bicyclic) bond motifs is 1. The van der Waals surface area contributed by atoms with E-state index in [0.717, 1.165) is 16.7 Å². The zero-order valence-electron chi connectivity index (χ0n) is 16.0. The van der Waals surface area contributed by atoms with Crippen molar-refractivity contribution < 1.29 is 14.0 Å². The molecule has 29 heavy (non-hydrogen) atoms. The summed E-state index contributed by atoms with van der Waals surface area (Å²) in [4.78, 5) is 32.3. The number of aryl methyl sites for hydroxylation is 2. The second kappa shape index (κ2) is 7.47. The maximum absolute atomic E-state index is 12.6. The lowest BCUT2D eigenvalue weighted by Crippen LogP contribution is -2.18. The van der Waals surface area contributed by atoms with Crippen LogP contribution in [0.4, 0.5) is 5.13 Å². The number of hydrogen-bond acceptors (Lipinski definition) is 7. The molecule has 0 fully saturated rings. The van der Waals surface area contributed by atoms with E-state index in [1.165, 1.54) is 24.5 Å². The third-order valence-electron chi connectivity index (χ3n) is 4.28. The predicted octanol–water partition coefficient (Wildman–Crippen LogP) is 2.88. The van der Waals surface area contributed by atoms with Crippen LogP contribution in [-0.4, -0.2) is 31.6 Å². The van der Waals surface area contributed by atoms with Gasteiger partial charge in [0.25, 0.3) is 5.91 Å². The molecule has 0 spiro atoms. The van der Waals surface area contributed by atoms with Gasteiger partial charge in [0, 0.05) is 30.9 Å². The number of thiazole rings is 1. The fraction of sp³-hybridized carbons (Fsp3) is 0.211. The molecular weight excluding hydrogens is 392 g/mol. The van der Waals surface area contributed by atoms with Crippen LogP contribution in [0.1, 0.15) is 28.7 Å². The molecule has 10 heteroatoms. The van der Waals surface area contributed by atoms with E-state index in [1.54, 1.807) is 28.3 Å². The van der Waals surface area contributed by atoms with Gasteiger partial charge in [0.2, 0.25) is 5.91 Å². The summed E-state index contributed by atoms with van der Waals surface area (Å²) in [5.41, 5.74) is 2.58. The summed E-state index contributed by atoms with van der Waals surface area (Å²) in [5.74, 6) is 0.765. The van der Waals surface area contributed by atoms with Crippen molar-refractivity contribution in [2.24, 2.45) is 7.05 Å². The van der Waals surface area contributed by atoms with Crippen molar-refractivity contribution in [3.63, 3.8) is 0 Å². The summed E-state index contributed by atoms with van der Waals surface area (Å²) in [6.07, 6.45) is 1.52. The van der Waals surface area contributed by atoms with Gasteiger partial charge in [-0.25, -0.2) is 9.97 Å². The van der Waals surface area contributed by atoms with Crippen LogP contribution in [0, 0.1) is 6.92 Å². The number of nitrogens with zero attached hydrogens (tertiary/aromatic N) is 4. The third-order valence-corrected chi connectivity index (χ3v) is 5.03. The number of carbonyl (C=O) groups excluding carboxylic acids is 2. The summed E-state index contributed by atoms with van der Waals surface area (Å²) >= 11 is 1.30. The number of rotatable bonds is 5. The van der Waals surface area contributed by atoms with Gasteiger partial charge in [0.05, 0.1) is 17.8 Å². The van der Waals surface area contributed by atoms with Crippen LogP contribution < -0.4 is 10.6 Å². The number of furan rings is 1. The number of amides is 2. The van der Waals surface area contributed by atoms with Crippen LogP contribution in [-0.2, 0) is 18.4 Å². The molecule has 9 nitrogen and oxygen atoms in total. The van der Waals surface area contributed by atoms with E-state index in [-0.39, 0.29) is 11.8 Å². The number of hydrogen-bond donors (Lipinski definition) is 2. The van der Waals surface area contributed by atoms with E-state index in [1.807, 2.05) is 14.0 Å². The highest BCUT2D eigenvalue weighted by atomic mass is 32.1. The Morgan fingerprint density at radius 2 is 2.14 bits per heavy atom. The average Bonchev–Trinajstić information content (AvgIpc) is 3.40. The Morgan fingerprint density at radius 3 is 2.93 bits per heavy atom. The quantitative estimate of drug-likeness (QED) is 0.523. The standard InChI is InChI=1S/C19H18N6O3S/c1-10-14-6-12(7-21-17(14)25(3)24-10)18(27)23-19-22-15(9-29-19)16-5-4-13(28-16)8-20-11(2)26/h4-7,9H,8H2,1-3H3,(H,20,26)(H,22,23,27). The first-order chi connectivity index (χ1) is 13.9. The normalized spacial score (nSPS) is 11.0. The topological polar surface area (TPSA) is 115 Å². The van der Waals surface area contributed by atoms with Crippen molar-refractivity contribution in [3.8, 4) is 11.5 Å². The third kappa shape index (κ3) is 3.87. The molecule has 0 saturated heterocycles. The van der Waals surface area contributed by atoms with Crippen molar-refractivity contribution in [3.05, 3.63) is 46.8 Å². The summed E-state index contributed by atoms with van der Waals surface area (Å²) in [6, 6.07) is 5.33. The minimum absolute atomic E-state index is 0.129. The Hall–Kier alpha value is -3.53. The maximum atomic E-state index is 12.6. The number of nitrogens with one attached hydrogen (secondary N) is 2. The van der Waals surface area contributed by atoms with Gasteiger partial charge in [0.15, 0.2) is 16.5 Å². The fourth-order valence-corrected chi connectivity index (χ4v) is 3.56. The highest BCUT2D eigenvalue weighted by molar-refractivity contribution is 7.14. The van der Waals surface area contributed by atoms with Gasteiger partial charge in [-0.05, 0) is 25.1 Å². The van der Waals surface area contributed by atoms with Crippen molar-refractivity contribution in [2.45, 2.75) is 20.4 Å². The number of carbonyl (C=O) groups is 2. The van der Waals surface area contributed by atoms with E-state index >= 15 is 0 Å². The molecule has 0 bridgehead atoms. The van der Waals surface area contributed by atoms with Gasteiger partial charge < -0.3 is 9.73 Å². The zero-order valence-corrected chi connectivity index (χ0v) is 16.8. The average molecular weight is 410 g/mol. The van der Waals surface area contributed by atoms with Crippen molar-refractivity contribution in [1.29, 1.82) is 0 Å². The Balaban J connectivity index is 1.48. The van der Waals surface area contributed by atoms with Gasteiger partial charge >= 0.3 is 0 Å². The van der Waals surface area contributed by atoms with E-state index in [0.29, 0.717) is 34.5 Å². The second-order valence-electron chi connectivity index (χ2n) is 6.47. The Kier molecular flexibility index (Phi) is 4.85. The molecule has 0 radical (unpaired) electrons. The molecule has 0 atom stereocenters. The molecule has 148 valence electrons. The van der Waals surface area contributed by atoms with Crippen molar-refractivity contribution in [2.75, 3.05) is 5.32 Å². The zero-order chi connectivity index (χ0) is 20.5. The van der Waals surface area contributed by atoms with Crippen LogP contribution in [0.25, 0.3) is 22.5 Å². The molecule has 4 aromatic rings. The molecule has 0 aliphatic heterocycles. The molecule has 4 rings (SSSR count). The summed E-state index contributed by atoms with van der Waals surface area (Å²) in [5, 5.41) is 12.9. The van der Waals surface area contributed by atoms with Gasteiger partial charge in [-0.2, -0.15) is 5.10 Å². The largest absolute Gasteiger partial charge is 0.458 e. The molecular formula is C19H18N6O3S. The molecule has 2 amide bonds.